The predicted octanol–water partition coefficient (Wildman–Crippen LogP) is 1.34. The van der Waals surface area contributed by atoms with E-state index in [0.29, 0.717) is 18.5 Å². The van der Waals surface area contributed by atoms with Crippen molar-refractivity contribution in [1.82, 2.24) is 4.98 Å². The van der Waals surface area contributed by atoms with E-state index in [1.54, 1.807) is 12.3 Å². The van der Waals surface area contributed by atoms with Gasteiger partial charge < -0.3 is 0 Å². The maximum atomic E-state index is 11.3. The Labute approximate surface area is 99.5 Å². The largest absolute Gasteiger partial charge is 0.262 e. The SMILES string of the molecule is O=C=Nc1cncc(C2CCS(=O)(=O)CC2)c1. The van der Waals surface area contributed by atoms with E-state index in [2.05, 4.69) is 9.98 Å². The van der Waals surface area contributed by atoms with Gasteiger partial charge in [-0.2, -0.15) is 4.99 Å². The average molecular weight is 252 g/mol. The lowest BCUT2D eigenvalue weighted by molar-refractivity contribution is 0.549. The molecule has 1 aliphatic heterocycles. The molecule has 1 fully saturated rings. The molecule has 0 spiro atoms. The molecule has 0 unspecified atom stereocenters. The van der Waals surface area contributed by atoms with Crippen LogP contribution >= 0.6 is 0 Å². The van der Waals surface area contributed by atoms with E-state index in [1.807, 2.05) is 0 Å². The molecule has 1 aromatic rings. The van der Waals surface area contributed by atoms with Crippen molar-refractivity contribution >= 4 is 21.6 Å². The molecule has 1 aromatic heterocycles. The van der Waals surface area contributed by atoms with Crippen molar-refractivity contribution in [2.45, 2.75) is 18.8 Å². The average Bonchev–Trinajstić information content (AvgIpc) is 2.30. The highest BCUT2D eigenvalue weighted by atomic mass is 32.2. The van der Waals surface area contributed by atoms with Crippen molar-refractivity contribution in [1.29, 1.82) is 0 Å². The lowest BCUT2D eigenvalue weighted by Crippen LogP contribution is -2.22. The van der Waals surface area contributed by atoms with Gasteiger partial charge in [-0.3, -0.25) is 4.98 Å². The zero-order chi connectivity index (χ0) is 12.3. The quantitative estimate of drug-likeness (QED) is 0.588. The topological polar surface area (TPSA) is 76.5 Å². The van der Waals surface area contributed by atoms with Crippen LogP contribution < -0.4 is 0 Å². The first-order valence-electron chi connectivity index (χ1n) is 5.34. The molecule has 1 aliphatic rings. The van der Waals surface area contributed by atoms with Crippen LogP contribution in [-0.2, 0) is 14.6 Å². The van der Waals surface area contributed by atoms with Gasteiger partial charge in [0.05, 0.1) is 23.4 Å². The van der Waals surface area contributed by atoms with Crippen LogP contribution in [0.15, 0.2) is 23.5 Å². The molecule has 2 rings (SSSR count). The highest BCUT2D eigenvalue weighted by molar-refractivity contribution is 7.91. The van der Waals surface area contributed by atoms with Crippen LogP contribution in [0.1, 0.15) is 24.3 Å². The van der Waals surface area contributed by atoms with Gasteiger partial charge >= 0.3 is 0 Å². The fraction of sp³-hybridized carbons (Fsp3) is 0.455. The van der Waals surface area contributed by atoms with Crippen molar-refractivity contribution in [3.8, 4) is 0 Å². The minimum atomic E-state index is -2.85. The van der Waals surface area contributed by atoms with Gasteiger partial charge in [0, 0.05) is 6.20 Å². The number of nitrogens with zero attached hydrogens (tertiary/aromatic N) is 2. The van der Waals surface area contributed by atoms with Gasteiger partial charge in [0.25, 0.3) is 0 Å². The Morgan fingerprint density at radius 3 is 2.65 bits per heavy atom. The summed E-state index contributed by atoms with van der Waals surface area (Å²) in [5.74, 6) is 0.630. The first kappa shape index (κ1) is 12.0. The normalized spacial score (nSPS) is 19.5. The number of aliphatic imine (C=N–C) groups is 1. The Morgan fingerprint density at radius 2 is 2.00 bits per heavy atom. The van der Waals surface area contributed by atoms with Crippen LogP contribution in [-0.4, -0.2) is 31.0 Å². The zero-order valence-electron chi connectivity index (χ0n) is 9.17. The summed E-state index contributed by atoms with van der Waals surface area (Å²) in [5.41, 5.74) is 1.40. The van der Waals surface area contributed by atoms with Gasteiger partial charge in [-0.15, -0.1) is 0 Å². The summed E-state index contributed by atoms with van der Waals surface area (Å²) in [5, 5.41) is 0. The van der Waals surface area contributed by atoms with E-state index in [1.165, 1.54) is 12.3 Å². The second kappa shape index (κ2) is 4.77. The van der Waals surface area contributed by atoms with Gasteiger partial charge in [0.2, 0.25) is 6.08 Å². The van der Waals surface area contributed by atoms with Gasteiger partial charge in [0.15, 0.2) is 0 Å². The number of rotatable bonds is 2. The minimum absolute atomic E-state index is 0.188. The van der Waals surface area contributed by atoms with Crippen molar-refractivity contribution < 1.29 is 13.2 Å². The minimum Gasteiger partial charge on any atom is -0.262 e. The van der Waals surface area contributed by atoms with E-state index in [4.69, 9.17) is 0 Å². The lowest BCUT2D eigenvalue weighted by atomic mass is 9.95. The van der Waals surface area contributed by atoms with E-state index >= 15 is 0 Å². The van der Waals surface area contributed by atoms with E-state index in [0.717, 1.165) is 5.56 Å². The first-order valence-corrected chi connectivity index (χ1v) is 7.16. The molecule has 1 saturated heterocycles. The molecule has 0 amide bonds. The molecule has 90 valence electrons. The Morgan fingerprint density at radius 1 is 1.29 bits per heavy atom. The fourth-order valence-corrected chi connectivity index (χ4v) is 3.50. The molecule has 0 saturated carbocycles. The van der Waals surface area contributed by atoms with E-state index in [9.17, 15) is 13.2 Å². The van der Waals surface area contributed by atoms with Gasteiger partial charge in [-0.1, -0.05) is 0 Å². The first-order chi connectivity index (χ1) is 8.11. The van der Waals surface area contributed by atoms with Crippen molar-refractivity contribution in [3.63, 3.8) is 0 Å². The summed E-state index contributed by atoms with van der Waals surface area (Å²) < 4.78 is 22.6. The second-order valence-corrected chi connectivity index (χ2v) is 6.41. The predicted molar refractivity (Wildman–Crippen MR) is 62.6 cm³/mol. The number of hydrogen-bond acceptors (Lipinski definition) is 5. The number of isocyanates is 1. The molecule has 0 radical (unpaired) electrons. The Hall–Kier alpha value is -1.52. The highest BCUT2D eigenvalue weighted by Crippen LogP contribution is 2.30. The molecule has 0 aliphatic carbocycles. The van der Waals surface area contributed by atoms with Crippen LogP contribution in [0.4, 0.5) is 5.69 Å². The van der Waals surface area contributed by atoms with Crippen LogP contribution in [0, 0.1) is 0 Å². The third-order valence-corrected chi connectivity index (χ3v) is 4.66. The summed E-state index contributed by atoms with van der Waals surface area (Å²) in [6.45, 7) is 0. The maximum Gasteiger partial charge on any atom is 0.240 e. The number of aromatic nitrogens is 1. The lowest BCUT2D eigenvalue weighted by Gasteiger charge is -2.21. The number of carbonyl (C=O) groups excluding carboxylic acids is 1. The summed E-state index contributed by atoms with van der Waals surface area (Å²) in [6, 6.07) is 1.76. The van der Waals surface area contributed by atoms with Gasteiger partial charge in [0.1, 0.15) is 9.84 Å². The Kier molecular flexibility index (Phi) is 3.36. The smallest absolute Gasteiger partial charge is 0.240 e. The molecule has 0 bridgehead atoms. The van der Waals surface area contributed by atoms with Crippen LogP contribution in [0.5, 0.6) is 0 Å². The second-order valence-electron chi connectivity index (χ2n) is 4.11. The monoisotopic (exact) mass is 252 g/mol. The number of sulfone groups is 1. The molecule has 0 atom stereocenters. The molecular weight excluding hydrogens is 240 g/mol. The maximum absolute atomic E-state index is 11.3. The van der Waals surface area contributed by atoms with Crippen LogP contribution in [0.25, 0.3) is 0 Å². The van der Waals surface area contributed by atoms with Crippen LogP contribution in [0.3, 0.4) is 0 Å². The molecule has 0 aromatic carbocycles. The summed E-state index contributed by atoms with van der Waals surface area (Å²) in [7, 11) is -2.85. The summed E-state index contributed by atoms with van der Waals surface area (Å²) >= 11 is 0. The number of hydrogen-bond donors (Lipinski definition) is 0. The van der Waals surface area contributed by atoms with Crippen molar-refractivity contribution in [2.24, 2.45) is 4.99 Å². The zero-order valence-corrected chi connectivity index (χ0v) is 9.98. The molecule has 0 N–H and O–H groups in total. The standard InChI is InChI=1S/C11H12N2O3S/c14-8-13-11-5-10(6-12-7-11)9-1-3-17(15,16)4-2-9/h5-7,9H,1-4H2. The summed E-state index contributed by atoms with van der Waals surface area (Å²) in [4.78, 5) is 17.6. The molecule has 17 heavy (non-hydrogen) atoms. The van der Waals surface area contributed by atoms with Crippen molar-refractivity contribution in [2.75, 3.05) is 11.5 Å². The third kappa shape index (κ3) is 2.99. The Balaban J connectivity index is 2.18. The number of pyridine rings is 1. The molecule has 6 heteroatoms. The summed E-state index contributed by atoms with van der Waals surface area (Å²) in [6.07, 6.45) is 5.87. The van der Waals surface area contributed by atoms with Gasteiger partial charge in [-0.25, -0.2) is 13.2 Å². The van der Waals surface area contributed by atoms with Crippen LogP contribution in [0.2, 0.25) is 0 Å². The van der Waals surface area contributed by atoms with Gasteiger partial charge in [-0.05, 0) is 30.4 Å². The third-order valence-electron chi connectivity index (χ3n) is 2.95. The Bertz CT molecular complexity index is 548. The molecule has 2 heterocycles. The van der Waals surface area contributed by atoms with E-state index < -0.39 is 9.84 Å². The fourth-order valence-electron chi connectivity index (χ4n) is 2.01. The van der Waals surface area contributed by atoms with Crippen molar-refractivity contribution in [3.05, 3.63) is 24.0 Å². The van der Waals surface area contributed by atoms with E-state index in [-0.39, 0.29) is 17.4 Å². The highest BCUT2D eigenvalue weighted by Gasteiger charge is 2.24. The molecule has 5 nitrogen and oxygen atoms in total. The molecular formula is C11H12N2O3S.